The first-order valence-corrected chi connectivity index (χ1v) is 7.19. The first kappa shape index (κ1) is 14.3. The first-order chi connectivity index (χ1) is 9.11. The number of nitrogens with two attached hydrogens (primary N) is 1. The van der Waals surface area contributed by atoms with Gasteiger partial charge in [-0.2, -0.15) is 0 Å². The second kappa shape index (κ2) is 6.35. The summed E-state index contributed by atoms with van der Waals surface area (Å²) in [6.07, 6.45) is 4.84. The molecule has 2 N–H and O–H groups in total. The summed E-state index contributed by atoms with van der Waals surface area (Å²) in [5.41, 5.74) is 9.78. The standard InChI is InChI=1S/C15H26N4/c1-18(2)8-9-19(3)15-13(11-16)10-12-6-4-5-7-14(12)17-15/h10H,4-9,11,16H2,1-3H3. The first-order valence-electron chi connectivity index (χ1n) is 7.19. The smallest absolute Gasteiger partial charge is 0.133 e. The number of pyridine rings is 1. The lowest BCUT2D eigenvalue weighted by molar-refractivity contribution is 0.416. The van der Waals surface area contributed by atoms with Crippen LogP contribution in [0.3, 0.4) is 0 Å². The molecule has 0 spiro atoms. The van der Waals surface area contributed by atoms with Crippen molar-refractivity contribution in [2.75, 3.05) is 39.1 Å². The Bertz CT molecular complexity index is 428. The largest absolute Gasteiger partial charge is 0.358 e. The van der Waals surface area contributed by atoms with E-state index in [1.165, 1.54) is 29.7 Å². The van der Waals surface area contributed by atoms with Gasteiger partial charge in [-0.15, -0.1) is 0 Å². The van der Waals surface area contributed by atoms with Crippen LogP contribution in [0.2, 0.25) is 0 Å². The number of rotatable bonds is 5. The van der Waals surface area contributed by atoms with E-state index < -0.39 is 0 Å². The molecule has 0 saturated carbocycles. The minimum atomic E-state index is 0.571. The van der Waals surface area contributed by atoms with E-state index in [1.807, 2.05) is 0 Å². The van der Waals surface area contributed by atoms with Crippen molar-refractivity contribution in [1.29, 1.82) is 0 Å². The molecule has 0 saturated heterocycles. The van der Waals surface area contributed by atoms with Crippen molar-refractivity contribution in [3.63, 3.8) is 0 Å². The van der Waals surface area contributed by atoms with Gasteiger partial charge < -0.3 is 15.5 Å². The number of nitrogens with zero attached hydrogens (tertiary/aromatic N) is 3. The van der Waals surface area contributed by atoms with Gasteiger partial charge in [-0.25, -0.2) is 4.98 Å². The maximum atomic E-state index is 5.90. The number of hydrogen-bond donors (Lipinski definition) is 1. The number of aromatic nitrogens is 1. The van der Waals surface area contributed by atoms with Crippen LogP contribution < -0.4 is 10.6 Å². The lowest BCUT2D eigenvalue weighted by Crippen LogP contribution is -2.30. The van der Waals surface area contributed by atoms with Crippen LogP contribution in [0, 0.1) is 0 Å². The van der Waals surface area contributed by atoms with Crippen LogP contribution in [0.1, 0.15) is 29.7 Å². The summed E-state index contributed by atoms with van der Waals surface area (Å²) in [5, 5.41) is 0. The highest BCUT2D eigenvalue weighted by atomic mass is 15.2. The minimum absolute atomic E-state index is 0.571. The fraction of sp³-hybridized carbons (Fsp3) is 0.667. The van der Waals surface area contributed by atoms with Crippen LogP contribution in [0.25, 0.3) is 0 Å². The van der Waals surface area contributed by atoms with Gasteiger partial charge in [0.05, 0.1) is 0 Å². The van der Waals surface area contributed by atoms with Crippen molar-refractivity contribution < 1.29 is 0 Å². The highest BCUT2D eigenvalue weighted by Crippen LogP contribution is 2.26. The molecule has 0 unspecified atom stereocenters. The molecule has 1 aliphatic carbocycles. The minimum Gasteiger partial charge on any atom is -0.358 e. The highest BCUT2D eigenvalue weighted by Gasteiger charge is 2.16. The number of likely N-dealkylation sites (N-methyl/N-ethyl adjacent to an activating group) is 2. The summed E-state index contributed by atoms with van der Waals surface area (Å²) >= 11 is 0. The molecular weight excluding hydrogens is 236 g/mol. The Labute approximate surface area is 116 Å². The van der Waals surface area contributed by atoms with Gasteiger partial charge in [-0.3, -0.25) is 0 Å². The van der Waals surface area contributed by atoms with Gasteiger partial charge >= 0.3 is 0 Å². The second-order valence-corrected chi connectivity index (χ2v) is 5.71. The average Bonchev–Trinajstić information content (AvgIpc) is 2.43. The summed E-state index contributed by atoms with van der Waals surface area (Å²) in [6.45, 7) is 2.58. The number of fused-ring (bicyclic) bond motifs is 1. The molecule has 4 nitrogen and oxygen atoms in total. The molecule has 0 aromatic carbocycles. The van der Waals surface area contributed by atoms with Gasteiger partial charge in [0.2, 0.25) is 0 Å². The van der Waals surface area contributed by atoms with Gasteiger partial charge in [0, 0.05) is 37.9 Å². The Balaban J connectivity index is 2.22. The fourth-order valence-corrected chi connectivity index (χ4v) is 2.61. The topological polar surface area (TPSA) is 45.4 Å². The molecule has 1 heterocycles. The fourth-order valence-electron chi connectivity index (χ4n) is 2.61. The van der Waals surface area contributed by atoms with E-state index in [-0.39, 0.29) is 0 Å². The zero-order valence-electron chi connectivity index (χ0n) is 12.4. The molecule has 0 bridgehead atoms. The van der Waals surface area contributed by atoms with Crippen molar-refractivity contribution in [2.24, 2.45) is 5.73 Å². The van der Waals surface area contributed by atoms with E-state index in [9.17, 15) is 0 Å². The molecule has 106 valence electrons. The number of aryl methyl sites for hydroxylation is 2. The van der Waals surface area contributed by atoms with E-state index in [4.69, 9.17) is 10.7 Å². The summed E-state index contributed by atoms with van der Waals surface area (Å²) in [6, 6.07) is 2.28. The van der Waals surface area contributed by atoms with Gasteiger partial charge in [0.1, 0.15) is 5.82 Å². The maximum Gasteiger partial charge on any atom is 0.133 e. The lowest BCUT2D eigenvalue weighted by Gasteiger charge is -2.25. The SMILES string of the molecule is CN(C)CCN(C)c1nc2c(cc1CN)CCCC2. The quantitative estimate of drug-likeness (QED) is 0.871. The third-order valence-corrected chi connectivity index (χ3v) is 3.82. The summed E-state index contributed by atoms with van der Waals surface area (Å²) in [7, 11) is 6.30. The van der Waals surface area contributed by atoms with Crippen LogP contribution in [-0.2, 0) is 19.4 Å². The van der Waals surface area contributed by atoms with E-state index in [1.54, 1.807) is 0 Å². The average molecular weight is 262 g/mol. The molecule has 4 heteroatoms. The zero-order chi connectivity index (χ0) is 13.8. The van der Waals surface area contributed by atoms with Gasteiger partial charge in [-0.05, 0) is 51.4 Å². The summed E-state index contributed by atoms with van der Waals surface area (Å²) in [4.78, 5) is 9.31. The van der Waals surface area contributed by atoms with Crippen LogP contribution in [0.4, 0.5) is 5.82 Å². The molecule has 2 rings (SSSR count). The van der Waals surface area contributed by atoms with E-state index in [0.29, 0.717) is 6.54 Å². The third kappa shape index (κ3) is 3.45. The Morgan fingerprint density at radius 3 is 2.58 bits per heavy atom. The van der Waals surface area contributed by atoms with E-state index in [2.05, 4.69) is 37.0 Å². The summed E-state index contributed by atoms with van der Waals surface area (Å²) in [5.74, 6) is 1.07. The molecule has 0 aliphatic heterocycles. The van der Waals surface area contributed by atoms with E-state index >= 15 is 0 Å². The van der Waals surface area contributed by atoms with Crippen molar-refractivity contribution >= 4 is 5.82 Å². The Morgan fingerprint density at radius 1 is 1.16 bits per heavy atom. The molecule has 1 aromatic rings. The Morgan fingerprint density at radius 2 is 1.89 bits per heavy atom. The Hall–Kier alpha value is -1.13. The molecule has 0 fully saturated rings. The second-order valence-electron chi connectivity index (χ2n) is 5.71. The van der Waals surface area contributed by atoms with Crippen molar-refractivity contribution in [3.8, 4) is 0 Å². The van der Waals surface area contributed by atoms with Crippen LogP contribution in [-0.4, -0.2) is 44.1 Å². The molecule has 19 heavy (non-hydrogen) atoms. The Kier molecular flexibility index (Phi) is 4.77. The normalized spacial score (nSPS) is 14.6. The molecule has 1 aliphatic rings. The van der Waals surface area contributed by atoms with Crippen molar-refractivity contribution in [1.82, 2.24) is 9.88 Å². The molecule has 0 radical (unpaired) electrons. The van der Waals surface area contributed by atoms with Crippen molar-refractivity contribution in [2.45, 2.75) is 32.2 Å². The molecule has 1 aromatic heterocycles. The van der Waals surface area contributed by atoms with Crippen LogP contribution >= 0.6 is 0 Å². The van der Waals surface area contributed by atoms with Crippen LogP contribution in [0.15, 0.2) is 6.07 Å². The predicted octanol–water partition coefficient (Wildman–Crippen LogP) is 1.42. The van der Waals surface area contributed by atoms with Crippen molar-refractivity contribution in [3.05, 3.63) is 22.9 Å². The van der Waals surface area contributed by atoms with E-state index in [0.717, 1.165) is 31.7 Å². The lowest BCUT2D eigenvalue weighted by atomic mass is 9.94. The summed E-state index contributed by atoms with van der Waals surface area (Å²) < 4.78 is 0. The number of hydrogen-bond acceptors (Lipinski definition) is 4. The maximum absolute atomic E-state index is 5.90. The highest BCUT2D eigenvalue weighted by molar-refractivity contribution is 5.50. The van der Waals surface area contributed by atoms with Gasteiger partial charge in [0.15, 0.2) is 0 Å². The van der Waals surface area contributed by atoms with Crippen LogP contribution in [0.5, 0.6) is 0 Å². The molecular formula is C15H26N4. The monoisotopic (exact) mass is 262 g/mol. The number of anilines is 1. The third-order valence-electron chi connectivity index (χ3n) is 3.82. The van der Waals surface area contributed by atoms with Gasteiger partial charge in [-0.1, -0.05) is 0 Å². The zero-order valence-corrected chi connectivity index (χ0v) is 12.4. The van der Waals surface area contributed by atoms with Gasteiger partial charge in [0.25, 0.3) is 0 Å². The molecule has 0 amide bonds. The molecule has 0 atom stereocenters. The predicted molar refractivity (Wildman–Crippen MR) is 80.6 cm³/mol.